The van der Waals surface area contributed by atoms with Crippen molar-refractivity contribution in [2.45, 2.75) is 99.4 Å². The molecule has 0 unspecified atom stereocenters. The van der Waals surface area contributed by atoms with Crippen molar-refractivity contribution >= 4 is 65.1 Å². The Bertz CT molecular complexity index is 3680. The third-order valence-electron chi connectivity index (χ3n) is 14.1. The zero-order valence-corrected chi connectivity index (χ0v) is 46.9. The first-order chi connectivity index (χ1) is 39.1. The summed E-state index contributed by atoms with van der Waals surface area (Å²) < 4.78 is 146. The minimum absolute atomic E-state index is 0.0422. The van der Waals surface area contributed by atoms with E-state index in [1.807, 2.05) is 12.1 Å². The van der Waals surface area contributed by atoms with Gasteiger partial charge in [0.05, 0.1) is 50.0 Å². The summed E-state index contributed by atoms with van der Waals surface area (Å²) in [6.45, 7) is 3.61. The van der Waals surface area contributed by atoms with Crippen LogP contribution < -0.4 is 39.9 Å². The second-order valence-corrected chi connectivity index (χ2v) is 22.8. The van der Waals surface area contributed by atoms with Crippen LogP contribution >= 0.6 is 0 Å². The molecule has 0 amide bonds. The van der Waals surface area contributed by atoms with E-state index in [2.05, 4.69) is 39.3 Å². The first kappa shape index (κ1) is 58.5. The minimum Gasteiger partial charge on any atom is -0.488 e. The summed E-state index contributed by atoms with van der Waals surface area (Å²) in [5.74, 6) is -3.10. The number of methoxy groups -OCH3 is 4. The van der Waals surface area contributed by atoms with Crippen molar-refractivity contribution in [3.8, 4) is 45.5 Å². The Balaban J connectivity index is 0.000000198. The second kappa shape index (κ2) is 24.5. The number of hydrogen-bond acceptors (Lipinski definition) is 18. The number of ether oxygens (including phenoxy) is 6. The predicted molar refractivity (Wildman–Crippen MR) is 299 cm³/mol. The number of benzene rings is 4. The highest BCUT2D eigenvalue weighted by Gasteiger charge is 2.28. The van der Waals surface area contributed by atoms with Gasteiger partial charge in [-0.05, 0) is 137 Å². The highest BCUT2D eigenvalue weighted by atomic mass is 32.2. The number of anilines is 4. The van der Waals surface area contributed by atoms with Gasteiger partial charge < -0.3 is 39.9 Å². The lowest BCUT2D eigenvalue weighted by Gasteiger charge is -2.28. The first-order valence-electron chi connectivity index (χ1n) is 25.7. The van der Waals surface area contributed by atoms with Crippen molar-refractivity contribution in [2.24, 2.45) is 0 Å². The van der Waals surface area contributed by atoms with Gasteiger partial charge in [0, 0.05) is 60.6 Å². The van der Waals surface area contributed by atoms with Crippen molar-refractivity contribution in [2.75, 3.05) is 49.4 Å². The number of halogens is 4. The van der Waals surface area contributed by atoms with Gasteiger partial charge in [0.25, 0.3) is 20.0 Å². The van der Waals surface area contributed by atoms with E-state index >= 15 is 0 Å². The van der Waals surface area contributed by atoms with Crippen LogP contribution in [0.25, 0.3) is 44.1 Å². The van der Waals surface area contributed by atoms with E-state index in [1.165, 1.54) is 38.7 Å². The van der Waals surface area contributed by atoms with E-state index in [0.29, 0.717) is 79.1 Å². The lowest BCUT2D eigenvalue weighted by atomic mass is 9.95. The van der Waals surface area contributed by atoms with Gasteiger partial charge in [0.15, 0.2) is 0 Å². The van der Waals surface area contributed by atoms with Crippen LogP contribution in [0, 0.1) is 37.1 Å². The summed E-state index contributed by atoms with van der Waals surface area (Å²) in [6, 6.07) is 14.7. The summed E-state index contributed by atoms with van der Waals surface area (Å²) >= 11 is 0. The summed E-state index contributed by atoms with van der Waals surface area (Å²) in [4.78, 5) is 24.5. The number of nitrogens with two attached hydrogens (primary N) is 2. The maximum Gasteiger partial charge on any atom is 0.264 e. The fourth-order valence-electron chi connectivity index (χ4n) is 9.86. The number of hydrogen-bond donors (Lipinski definition) is 4. The van der Waals surface area contributed by atoms with Crippen LogP contribution in [0.2, 0.25) is 0 Å². The fraction of sp³-hybridized carbons (Fsp3) is 0.321. The van der Waals surface area contributed by atoms with E-state index in [9.17, 15) is 34.4 Å². The molecule has 0 saturated heterocycles. The number of pyridine rings is 2. The maximum absolute atomic E-state index is 14.3. The maximum atomic E-state index is 14.3. The monoisotopic (exact) mass is 1170 g/mol. The molecule has 0 aliphatic heterocycles. The van der Waals surface area contributed by atoms with Gasteiger partial charge in [0.2, 0.25) is 23.7 Å². The molecule has 8 aromatic rings. The molecule has 2 aliphatic rings. The molecule has 0 radical (unpaired) electrons. The molecule has 0 atom stereocenters. The summed E-state index contributed by atoms with van der Waals surface area (Å²) in [7, 11) is -2.85. The highest BCUT2D eigenvalue weighted by Crippen LogP contribution is 2.40. The molecule has 26 heteroatoms. The summed E-state index contributed by atoms with van der Waals surface area (Å²) in [5.41, 5.74) is 16.5. The topological polar surface area (TPSA) is 277 Å². The Hall–Kier alpha value is -8.20. The van der Waals surface area contributed by atoms with Crippen LogP contribution in [0.15, 0.2) is 95.0 Å². The van der Waals surface area contributed by atoms with Gasteiger partial charge in [-0.15, -0.1) is 0 Å². The molecule has 0 spiro atoms. The van der Waals surface area contributed by atoms with E-state index in [1.54, 1.807) is 40.2 Å². The summed E-state index contributed by atoms with van der Waals surface area (Å²) in [6.07, 6.45) is 10.0. The van der Waals surface area contributed by atoms with Crippen LogP contribution in [-0.4, -0.2) is 99.6 Å². The van der Waals surface area contributed by atoms with Gasteiger partial charge in [-0.1, -0.05) is 0 Å². The molecule has 4 aromatic heterocycles. The number of sulfonamides is 2. The second-order valence-electron chi connectivity index (χ2n) is 19.5. The molecule has 2 saturated carbocycles. The van der Waals surface area contributed by atoms with Gasteiger partial charge in [-0.25, -0.2) is 64.3 Å². The lowest BCUT2D eigenvalue weighted by molar-refractivity contribution is 0.0331. The third kappa shape index (κ3) is 13.1. The van der Waals surface area contributed by atoms with Crippen LogP contribution in [0.3, 0.4) is 0 Å². The van der Waals surface area contributed by atoms with Crippen molar-refractivity contribution in [3.05, 3.63) is 120 Å². The predicted octanol–water partition coefficient (Wildman–Crippen LogP) is 10.0. The Morgan fingerprint density at radius 2 is 0.854 bits per heavy atom. The number of nitrogen functional groups attached to an aromatic ring is 2. The normalized spacial score (nSPS) is 17.4. The Kier molecular flexibility index (Phi) is 17.5. The van der Waals surface area contributed by atoms with Crippen LogP contribution in [-0.2, 0) is 29.5 Å². The number of nitrogens with one attached hydrogen (secondary N) is 2. The SMILES string of the molecule is COc1ncc(-c2cc(OC3CCC(OC)CC3)c3nc(N)nc(C)c3c2)cc1NS(=O)(=O)c1ccc(F)cc1F.COc1ncc(-c2cc(OC3CCC(OC)CC3)c3nc(N)nc(C)c3c2)cc1NS(=O)(=O)c1ccc(F)cc1F. The quantitative estimate of drug-likeness (QED) is 0.0655. The first-order valence-corrected chi connectivity index (χ1v) is 28.7. The zero-order valence-electron chi connectivity index (χ0n) is 45.3. The average molecular weight is 1170 g/mol. The van der Waals surface area contributed by atoms with Gasteiger partial charge >= 0.3 is 0 Å². The zero-order chi connectivity index (χ0) is 58.6. The van der Waals surface area contributed by atoms with Crippen LogP contribution in [0.5, 0.6) is 23.3 Å². The fourth-order valence-corrected chi connectivity index (χ4v) is 12.1. The molecule has 2 fully saturated rings. The molecule has 4 heterocycles. The van der Waals surface area contributed by atoms with E-state index in [0.717, 1.165) is 75.6 Å². The molecule has 432 valence electrons. The molecule has 10 rings (SSSR count). The van der Waals surface area contributed by atoms with Crippen LogP contribution in [0.4, 0.5) is 40.8 Å². The van der Waals surface area contributed by atoms with Crippen molar-refractivity contribution < 1.29 is 62.8 Å². The molecular weight excluding hydrogens is 1110 g/mol. The number of fused-ring (bicyclic) bond motifs is 2. The van der Waals surface area contributed by atoms with Gasteiger partial charge in [0.1, 0.15) is 67.0 Å². The van der Waals surface area contributed by atoms with E-state index < -0.39 is 53.1 Å². The lowest BCUT2D eigenvalue weighted by Crippen LogP contribution is -2.27. The Morgan fingerprint density at radius 1 is 0.488 bits per heavy atom. The van der Waals surface area contributed by atoms with Gasteiger partial charge in [-0.2, -0.15) is 0 Å². The Labute approximate surface area is 470 Å². The molecule has 0 bridgehead atoms. The number of aromatic nitrogens is 6. The Morgan fingerprint density at radius 3 is 1.20 bits per heavy atom. The van der Waals surface area contributed by atoms with Gasteiger partial charge in [-0.3, -0.25) is 9.44 Å². The largest absolute Gasteiger partial charge is 0.488 e. The van der Waals surface area contributed by atoms with Crippen molar-refractivity contribution in [3.63, 3.8) is 0 Å². The smallest absolute Gasteiger partial charge is 0.264 e. The average Bonchev–Trinajstić information content (AvgIpc) is 3.09. The van der Waals surface area contributed by atoms with Crippen molar-refractivity contribution in [1.29, 1.82) is 0 Å². The molecule has 2 aliphatic carbocycles. The third-order valence-corrected chi connectivity index (χ3v) is 16.9. The summed E-state index contributed by atoms with van der Waals surface area (Å²) in [5, 5.41) is 1.40. The van der Waals surface area contributed by atoms with Crippen molar-refractivity contribution in [1.82, 2.24) is 29.9 Å². The molecule has 20 nitrogen and oxygen atoms in total. The van der Waals surface area contributed by atoms with E-state index in [-0.39, 0.29) is 59.4 Å². The van der Waals surface area contributed by atoms with E-state index in [4.69, 9.17) is 39.9 Å². The minimum atomic E-state index is -4.45. The van der Waals surface area contributed by atoms with Crippen LogP contribution in [0.1, 0.15) is 62.8 Å². The highest BCUT2D eigenvalue weighted by molar-refractivity contribution is 7.93. The number of aryl methyl sites for hydroxylation is 2. The molecule has 82 heavy (non-hydrogen) atoms. The molecule has 6 N–H and O–H groups in total. The molecule has 4 aromatic carbocycles. The standard InChI is InChI=1S/2C28H29F2N5O5S/c2*1-15-21-10-16(12-24(26(21)34-28(31)33-15)40-20-7-5-19(38-2)6-8-20)17-11-23(27(39-3)32-14-17)35-41(36,37)25-9-4-18(29)13-22(25)30/h2*4,9-14,19-20,35H,5-8H2,1-3H3,(H2,31,33,34). The number of rotatable bonds is 16. The number of nitrogens with zero attached hydrogens (tertiary/aromatic N) is 6. The molecular formula is C56H58F4N10O10S2.